The summed E-state index contributed by atoms with van der Waals surface area (Å²) in [5.41, 5.74) is -0.645. The van der Waals surface area contributed by atoms with Crippen LogP contribution in [-0.4, -0.2) is 98.3 Å². The number of pyridine rings is 2. The second-order valence-electron chi connectivity index (χ2n) is 17.4. The van der Waals surface area contributed by atoms with Gasteiger partial charge in [0.15, 0.2) is 5.12 Å². The van der Waals surface area contributed by atoms with Crippen LogP contribution in [0.3, 0.4) is 0 Å². The minimum Gasteiger partial charge on any atom is -0.456 e. The maximum atomic E-state index is 14.2. The lowest BCUT2D eigenvalue weighted by molar-refractivity contribution is -0.153. The molecule has 402 valence electrons. The van der Waals surface area contributed by atoms with Crippen molar-refractivity contribution in [1.29, 1.82) is 0 Å². The van der Waals surface area contributed by atoms with E-state index in [1.165, 1.54) is 37.8 Å². The molecule has 19 nitrogen and oxygen atoms in total. The van der Waals surface area contributed by atoms with Crippen molar-refractivity contribution in [2.75, 3.05) is 11.5 Å². The number of cyclic esters (lactones) is 2. The van der Waals surface area contributed by atoms with Gasteiger partial charge < -0.3 is 41.4 Å². The Kier molecular flexibility index (Phi) is 26.4. The normalized spacial score (nSPS) is 21.0. The van der Waals surface area contributed by atoms with Gasteiger partial charge in [-0.15, -0.1) is 0 Å². The smallest absolute Gasteiger partial charge is 0.329 e. The van der Waals surface area contributed by atoms with E-state index in [9.17, 15) is 51.9 Å². The average Bonchev–Trinajstić information content (AvgIpc) is 3.34. The van der Waals surface area contributed by atoms with E-state index in [0.29, 0.717) is 30.8 Å². The number of aromatic nitrogens is 2. The van der Waals surface area contributed by atoms with Crippen molar-refractivity contribution in [1.82, 2.24) is 41.9 Å². The van der Waals surface area contributed by atoms with Crippen LogP contribution in [0.2, 0.25) is 0 Å². The zero-order valence-electron chi connectivity index (χ0n) is 42.5. The number of rotatable bonds is 12. The zero-order valence-corrected chi connectivity index (χ0v) is 44.2. The molecule has 6 amide bonds. The van der Waals surface area contributed by atoms with Gasteiger partial charge in [0.2, 0.25) is 11.8 Å². The highest BCUT2D eigenvalue weighted by Crippen LogP contribution is 2.16. The first-order valence-corrected chi connectivity index (χ1v) is 25.7. The lowest BCUT2D eigenvalue weighted by Crippen LogP contribution is -2.48. The number of halogens is 2. The number of hydrogen-bond acceptors (Lipinski definition) is 15. The van der Waals surface area contributed by atoms with E-state index in [2.05, 4.69) is 54.5 Å². The van der Waals surface area contributed by atoms with E-state index in [-0.39, 0.29) is 77.1 Å². The number of esters is 2. The number of carbonyl (C=O) groups is 9. The van der Waals surface area contributed by atoms with Crippen LogP contribution in [0.15, 0.2) is 72.1 Å². The van der Waals surface area contributed by atoms with Crippen molar-refractivity contribution >= 4 is 76.9 Å². The fourth-order valence-electron chi connectivity index (χ4n) is 6.68. The summed E-state index contributed by atoms with van der Waals surface area (Å²) in [6.45, 7) is 11.6. The van der Waals surface area contributed by atoms with Gasteiger partial charge in [0, 0.05) is 24.3 Å². The molecule has 4 rings (SSSR count). The summed E-state index contributed by atoms with van der Waals surface area (Å²) in [6, 6.07) is 1.87. The van der Waals surface area contributed by atoms with Crippen molar-refractivity contribution < 1.29 is 61.4 Å². The topological polar surface area (TPSA) is 270 Å². The Balaban J connectivity index is 0.000000395. The number of carbonyl (C=O) groups excluding carboxylic acids is 9. The van der Waals surface area contributed by atoms with Gasteiger partial charge in [0.25, 0.3) is 23.6 Å². The van der Waals surface area contributed by atoms with E-state index in [0.717, 1.165) is 37.1 Å². The van der Waals surface area contributed by atoms with Crippen molar-refractivity contribution in [2.45, 2.75) is 131 Å². The molecule has 0 saturated heterocycles. The Hall–Kier alpha value is -6.75. The molecule has 0 unspecified atom stereocenters. The second-order valence-corrected chi connectivity index (χ2v) is 19.0. The number of thiol groups is 1. The Bertz CT molecular complexity index is 2480. The van der Waals surface area contributed by atoms with Crippen LogP contribution in [-0.2, 0) is 56.1 Å². The average molecular weight is 1070 g/mol. The predicted octanol–water partition coefficient (Wildman–Crippen LogP) is 5.13. The Morgan fingerprint density at radius 1 is 0.703 bits per heavy atom. The van der Waals surface area contributed by atoms with Gasteiger partial charge >= 0.3 is 11.9 Å². The molecular weight excluding hydrogens is 1000 g/mol. The lowest BCUT2D eigenvalue weighted by Gasteiger charge is -2.24. The Morgan fingerprint density at radius 2 is 1.14 bits per heavy atom. The third kappa shape index (κ3) is 21.4. The molecule has 2 aliphatic rings. The fraction of sp³-hybridized carbons (Fsp3) is 0.471. The summed E-state index contributed by atoms with van der Waals surface area (Å²) < 4.78 is 39.5. The molecule has 6 N–H and O–H groups in total. The number of unbranched alkanes of at least 4 members (excludes halogenated alkanes) is 1. The molecule has 23 heteroatoms. The van der Waals surface area contributed by atoms with Crippen molar-refractivity contribution in [3.8, 4) is 0 Å². The molecule has 4 bridgehead atoms. The molecule has 0 saturated carbocycles. The summed E-state index contributed by atoms with van der Waals surface area (Å²) in [5, 5.41) is 15.2. The van der Waals surface area contributed by atoms with Crippen LogP contribution in [0.4, 0.5) is 8.78 Å². The van der Waals surface area contributed by atoms with Crippen LogP contribution in [0.25, 0.3) is 0 Å². The molecule has 2 aromatic rings. The minimum absolute atomic E-state index is 0.0887. The van der Waals surface area contributed by atoms with Gasteiger partial charge in [0.05, 0.1) is 37.3 Å². The van der Waals surface area contributed by atoms with Crippen molar-refractivity contribution in [3.05, 3.63) is 107 Å². The lowest BCUT2D eigenvalue weighted by atomic mass is 10.0. The number of thioether (sulfide) groups is 1. The summed E-state index contributed by atoms with van der Waals surface area (Å²) >= 11 is 5.36. The SMILES string of the molecule is C/C=C1\NC(=O)c2cc(F)cc(n2)CNC(=O)C[C@@H](/C=C/CCS)OC(=O)[C@H](C(C)C)NC1=O.C/C=C1\NC(=O)c2cc(F)cc(n2)CNC(=O)C[C@@H](/C=C/CCSC(=O)CCCC)OC(=O)[C@H](C(C)C)NC1=O. The molecule has 4 atom stereocenters. The first kappa shape index (κ1) is 61.5. The van der Waals surface area contributed by atoms with Gasteiger partial charge in [-0.1, -0.05) is 77.1 Å². The highest BCUT2D eigenvalue weighted by Gasteiger charge is 2.32. The molecule has 0 fully saturated rings. The Labute approximate surface area is 439 Å². The molecule has 4 heterocycles. The van der Waals surface area contributed by atoms with Gasteiger partial charge in [0.1, 0.15) is 58.7 Å². The first-order chi connectivity index (χ1) is 35.2. The highest BCUT2D eigenvalue weighted by molar-refractivity contribution is 8.13. The number of nitrogens with zero attached hydrogens (tertiary/aromatic N) is 2. The third-order valence-corrected chi connectivity index (χ3v) is 11.9. The van der Waals surface area contributed by atoms with E-state index < -0.39 is 83.3 Å². The molecule has 0 aliphatic carbocycles. The van der Waals surface area contributed by atoms with Crippen LogP contribution in [0, 0.1) is 23.5 Å². The molecular formula is C51H66F2N8O11S2. The van der Waals surface area contributed by atoms with Gasteiger partial charge in [-0.05, 0) is 75.0 Å². The zero-order chi connectivity index (χ0) is 54.9. The highest BCUT2D eigenvalue weighted by atomic mass is 32.2. The number of fused-ring (bicyclic) bond motifs is 4. The van der Waals surface area contributed by atoms with E-state index in [4.69, 9.17) is 9.47 Å². The van der Waals surface area contributed by atoms with Crippen LogP contribution in [0.5, 0.6) is 0 Å². The van der Waals surface area contributed by atoms with Gasteiger partial charge in [-0.25, -0.2) is 28.3 Å². The molecule has 0 radical (unpaired) electrons. The number of allylic oxidation sites excluding steroid dienone is 4. The van der Waals surface area contributed by atoms with Crippen LogP contribution in [0.1, 0.15) is 126 Å². The molecule has 0 spiro atoms. The fourth-order valence-corrected chi connectivity index (χ4v) is 7.60. The quantitative estimate of drug-likeness (QED) is 0.0478. The van der Waals surface area contributed by atoms with E-state index in [1.54, 1.807) is 52.0 Å². The molecule has 0 aromatic carbocycles. The van der Waals surface area contributed by atoms with Gasteiger partial charge in [-0.3, -0.25) is 33.6 Å². The van der Waals surface area contributed by atoms with E-state index >= 15 is 0 Å². The number of hydrogen-bond donors (Lipinski definition) is 7. The number of nitrogens with one attached hydrogen (secondary N) is 6. The second kappa shape index (κ2) is 31.8. The van der Waals surface area contributed by atoms with Gasteiger partial charge in [-0.2, -0.15) is 12.6 Å². The number of amides is 6. The summed E-state index contributed by atoms with van der Waals surface area (Å²) in [7, 11) is 0. The summed E-state index contributed by atoms with van der Waals surface area (Å²) in [6.07, 6.45) is 10.5. The first-order valence-electron chi connectivity index (χ1n) is 24.1. The van der Waals surface area contributed by atoms with Crippen LogP contribution >= 0.6 is 24.4 Å². The maximum Gasteiger partial charge on any atom is 0.329 e. The van der Waals surface area contributed by atoms with Crippen molar-refractivity contribution in [3.63, 3.8) is 0 Å². The Morgan fingerprint density at radius 3 is 1.53 bits per heavy atom. The number of ether oxygens (including phenoxy) is 2. The maximum absolute atomic E-state index is 14.2. The predicted molar refractivity (Wildman–Crippen MR) is 275 cm³/mol. The summed E-state index contributed by atoms with van der Waals surface area (Å²) in [4.78, 5) is 122. The molecule has 2 aromatic heterocycles. The monoisotopic (exact) mass is 1070 g/mol. The molecule has 2 aliphatic heterocycles. The van der Waals surface area contributed by atoms with Crippen LogP contribution < -0.4 is 31.9 Å². The third-order valence-electron chi connectivity index (χ3n) is 10.6. The standard InChI is InChI=1S/C28H37FN4O6S.C23H29FN4O5S/c1-5-7-11-24(35)40-12-9-8-10-20-15-23(34)30-16-19-13-18(29)14-22(31-19)27(37)32-21(6-2)26(36)33-25(17(3)4)28(38)39-20;1-4-17-21(30)28-20(13(2)3)23(32)33-16(7-5-6-8-34)11-19(29)25-12-15-9-14(24)10-18(26-15)22(31)27-17/h6,8,10,13-14,17,20,25H,5,7,9,11-12,15-16H2,1-4H3,(H,30,34)(H,32,37)(H,33,36);4-5,7,9-10,13,16,20,34H,6,8,11-12H2,1-3H3,(H,25,29)(H,27,31)(H,28,30)/b10-8+,21-6-;7-5+,17-4-/t20-,25+;16-,20+/m11/s1. The largest absolute Gasteiger partial charge is 0.456 e. The minimum atomic E-state index is -1.09. The summed E-state index contributed by atoms with van der Waals surface area (Å²) in [5.74, 6) is -6.67. The molecule has 74 heavy (non-hydrogen) atoms. The van der Waals surface area contributed by atoms with Crippen molar-refractivity contribution in [2.24, 2.45) is 11.8 Å². The van der Waals surface area contributed by atoms with E-state index in [1.807, 2.05) is 6.92 Å².